The summed E-state index contributed by atoms with van der Waals surface area (Å²) in [5, 5.41) is 14.0. The van der Waals surface area contributed by atoms with E-state index in [-0.39, 0.29) is 23.8 Å². The van der Waals surface area contributed by atoms with Crippen LogP contribution in [-0.4, -0.2) is 16.8 Å². The summed E-state index contributed by atoms with van der Waals surface area (Å²) in [5.74, 6) is -0.278. The van der Waals surface area contributed by atoms with Crippen molar-refractivity contribution in [2.24, 2.45) is 0 Å². The first-order valence-corrected chi connectivity index (χ1v) is 9.06. The number of nitro benzene ring substituents is 1. The van der Waals surface area contributed by atoms with E-state index < -0.39 is 10.9 Å². The summed E-state index contributed by atoms with van der Waals surface area (Å²) in [7, 11) is 0. The number of furan rings is 1. The van der Waals surface area contributed by atoms with Gasteiger partial charge in [-0.1, -0.05) is 30.3 Å². The number of para-hydroxylation sites is 2. The summed E-state index contributed by atoms with van der Waals surface area (Å²) >= 11 is 0. The quantitative estimate of drug-likeness (QED) is 0.293. The van der Waals surface area contributed by atoms with E-state index in [4.69, 9.17) is 9.15 Å². The van der Waals surface area contributed by atoms with Crippen molar-refractivity contribution in [3.8, 4) is 0 Å². The Hall–Kier alpha value is -4.20. The van der Waals surface area contributed by atoms with Crippen LogP contribution in [-0.2, 0) is 16.1 Å². The van der Waals surface area contributed by atoms with Crippen LogP contribution in [0, 0.1) is 17.0 Å². The monoisotopic (exact) mass is 404 g/mol. The van der Waals surface area contributed by atoms with Crippen LogP contribution >= 0.6 is 0 Å². The maximum Gasteiger partial charge on any atom is 0.345 e. The molecule has 0 aliphatic carbocycles. The molecule has 150 valence electrons. The Kier molecular flexibility index (Phi) is 4.89. The number of nitro groups is 1. The molecule has 0 saturated carbocycles. The minimum atomic E-state index is -0.814. The Morgan fingerprint density at radius 1 is 1.17 bits per heavy atom. The topological polar surface area (TPSA) is 112 Å². The largest absolute Gasteiger partial charge is 0.458 e. The van der Waals surface area contributed by atoms with E-state index >= 15 is 0 Å². The van der Waals surface area contributed by atoms with Crippen LogP contribution in [0.4, 0.5) is 11.4 Å². The number of ether oxygens (including phenoxy) is 1. The number of benzene rings is 2. The fourth-order valence-corrected chi connectivity index (χ4v) is 3.25. The first-order chi connectivity index (χ1) is 14.4. The Balaban J connectivity index is 1.49. The molecule has 0 atom stereocenters. The number of hydrogen-bond donors (Lipinski definition) is 1. The summed E-state index contributed by atoms with van der Waals surface area (Å²) < 4.78 is 10.8. The van der Waals surface area contributed by atoms with Crippen molar-refractivity contribution < 1.29 is 23.7 Å². The molecule has 0 bridgehead atoms. The zero-order valence-electron chi connectivity index (χ0n) is 15.9. The molecule has 2 heterocycles. The summed E-state index contributed by atoms with van der Waals surface area (Å²) in [6, 6.07) is 15.0. The number of hydrogen-bond acceptors (Lipinski definition) is 6. The van der Waals surface area contributed by atoms with E-state index in [0.29, 0.717) is 22.7 Å². The molecule has 1 aliphatic heterocycles. The van der Waals surface area contributed by atoms with Gasteiger partial charge in [-0.15, -0.1) is 0 Å². The fraction of sp³-hybridized carbons (Fsp3) is 0.0909. The van der Waals surface area contributed by atoms with Gasteiger partial charge in [-0.05, 0) is 37.3 Å². The third-order valence-electron chi connectivity index (χ3n) is 4.66. The van der Waals surface area contributed by atoms with E-state index in [2.05, 4.69) is 5.32 Å². The number of carbonyl (C=O) groups is 2. The van der Waals surface area contributed by atoms with Gasteiger partial charge in [0.05, 0.1) is 10.5 Å². The molecule has 0 unspecified atom stereocenters. The van der Waals surface area contributed by atoms with Gasteiger partial charge in [0.25, 0.3) is 11.6 Å². The van der Waals surface area contributed by atoms with Crippen LogP contribution in [0.5, 0.6) is 0 Å². The van der Waals surface area contributed by atoms with Gasteiger partial charge in [-0.25, -0.2) is 4.79 Å². The first kappa shape index (κ1) is 19.1. The molecule has 0 saturated heterocycles. The van der Waals surface area contributed by atoms with Crippen molar-refractivity contribution in [2.45, 2.75) is 13.5 Å². The van der Waals surface area contributed by atoms with Gasteiger partial charge < -0.3 is 14.5 Å². The molecule has 0 radical (unpaired) electrons. The molecular weight excluding hydrogens is 388 g/mol. The van der Waals surface area contributed by atoms with E-state index in [1.54, 1.807) is 37.3 Å². The number of rotatable bonds is 5. The second-order valence-corrected chi connectivity index (χ2v) is 6.67. The molecule has 30 heavy (non-hydrogen) atoms. The predicted molar refractivity (Wildman–Crippen MR) is 109 cm³/mol. The molecule has 4 rings (SSSR count). The van der Waals surface area contributed by atoms with Gasteiger partial charge >= 0.3 is 5.97 Å². The summed E-state index contributed by atoms with van der Waals surface area (Å²) in [6.45, 7) is 1.36. The van der Waals surface area contributed by atoms with Gasteiger partial charge in [0, 0.05) is 16.8 Å². The normalized spacial score (nSPS) is 13.8. The van der Waals surface area contributed by atoms with Gasteiger partial charge in [0.1, 0.15) is 23.7 Å². The Bertz CT molecular complexity index is 1210. The highest BCUT2D eigenvalue weighted by Crippen LogP contribution is 2.33. The van der Waals surface area contributed by atoms with E-state index in [9.17, 15) is 19.7 Å². The Labute approximate surface area is 170 Å². The third-order valence-corrected chi connectivity index (χ3v) is 4.66. The van der Waals surface area contributed by atoms with Crippen LogP contribution in [0.3, 0.4) is 0 Å². The highest BCUT2D eigenvalue weighted by atomic mass is 16.6. The number of anilines is 1. The molecule has 8 nitrogen and oxygen atoms in total. The van der Waals surface area contributed by atoms with Crippen LogP contribution in [0.2, 0.25) is 0 Å². The van der Waals surface area contributed by atoms with Crippen molar-refractivity contribution >= 4 is 34.9 Å². The highest BCUT2D eigenvalue weighted by molar-refractivity contribution is 6.34. The van der Waals surface area contributed by atoms with Crippen molar-refractivity contribution in [2.75, 3.05) is 5.32 Å². The number of aryl methyl sites for hydroxylation is 1. The number of esters is 1. The number of fused-ring (bicyclic) bond motifs is 1. The highest BCUT2D eigenvalue weighted by Gasteiger charge is 2.25. The molecule has 8 heteroatoms. The van der Waals surface area contributed by atoms with Crippen molar-refractivity contribution in [1.29, 1.82) is 0 Å². The second-order valence-electron chi connectivity index (χ2n) is 6.67. The maximum atomic E-state index is 12.3. The molecule has 3 aromatic rings. The fourth-order valence-electron chi connectivity index (χ4n) is 3.25. The minimum Gasteiger partial charge on any atom is -0.458 e. The number of nitrogens with one attached hydrogen (secondary N) is 1. The molecule has 1 N–H and O–H groups in total. The van der Waals surface area contributed by atoms with Crippen LogP contribution < -0.4 is 5.32 Å². The second kappa shape index (κ2) is 7.67. The lowest BCUT2D eigenvalue weighted by atomic mass is 10.1. The Morgan fingerprint density at radius 3 is 2.77 bits per heavy atom. The van der Waals surface area contributed by atoms with Gasteiger partial charge in [-0.3, -0.25) is 14.9 Å². The van der Waals surface area contributed by atoms with Crippen LogP contribution in [0.15, 0.2) is 59.0 Å². The van der Waals surface area contributed by atoms with Gasteiger partial charge in [-0.2, -0.15) is 0 Å². The SMILES string of the molecule is Cc1cccc(C(=O)OCc2ccc(/C=C3\C(=O)Nc4ccccc43)o2)c1[N+](=O)[O-]. The molecule has 1 aliphatic rings. The average molecular weight is 404 g/mol. The average Bonchev–Trinajstić information content (AvgIpc) is 3.30. The van der Waals surface area contributed by atoms with Crippen molar-refractivity contribution in [3.05, 3.63) is 92.9 Å². The maximum absolute atomic E-state index is 12.3. The van der Waals surface area contributed by atoms with Crippen molar-refractivity contribution in [1.82, 2.24) is 0 Å². The van der Waals surface area contributed by atoms with E-state index in [1.165, 1.54) is 6.07 Å². The summed E-state index contributed by atoms with van der Waals surface area (Å²) in [5.41, 5.74) is 1.95. The van der Waals surface area contributed by atoms with Crippen molar-refractivity contribution in [3.63, 3.8) is 0 Å². The number of carbonyl (C=O) groups excluding carboxylic acids is 2. The molecule has 0 spiro atoms. The standard InChI is InChI=1S/C22H16N2O6/c1-13-5-4-7-17(20(13)24(27)28)22(26)29-12-15-10-9-14(30-15)11-18-16-6-2-3-8-19(16)23-21(18)25/h2-11H,12H2,1H3,(H,23,25)/b18-11-. The third kappa shape index (κ3) is 3.58. The lowest BCUT2D eigenvalue weighted by Crippen LogP contribution is -2.09. The lowest BCUT2D eigenvalue weighted by Gasteiger charge is -2.05. The van der Waals surface area contributed by atoms with Gasteiger partial charge in [0.15, 0.2) is 0 Å². The molecule has 1 amide bonds. The Morgan fingerprint density at radius 2 is 1.97 bits per heavy atom. The zero-order chi connectivity index (χ0) is 21.3. The number of amides is 1. The van der Waals surface area contributed by atoms with E-state index in [0.717, 1.165) is 11.3 Å². The molecule has 0 fully saturated rings. The zero-order valence-corrected chi connectivity index (χ0v) is 15.9. The summed E-state index contributed by atoms with van der Waals surface area (Å²) in [4.78, 5) is 35.2. The van der Waals surface area contributed by atoms with Crippen LogP contribution in [0.25, 0.3) is 11.6 Å². The lowest BCUT2D eigenvalue weighted by molar-refractivity contribution is -0.385. The number of nitrogens with zero attached hydrogens (tertiary/aromatic N) is 1. The molecule has 1 aromatic heterocycles. The van der Waals surface area contributed by atoms with Gasteiger partial charge in [0.2, 0.25) is 0 Å². The smallest absolute Gasteiger partial charge is 0.345 e. The first-order valence-electron chi connectivity index (χ1n) is 9.06. The predicted octanol–water partition coefficient (Wildman–Crippen LogP) is 4.35. The molecular formula is C22H16N2O6. The summed E-state index contributed by atoms with van der Waals surface area (Å²) in [6.07, 6.45) is 1.61. The van der Waals surface area contributed by atoms with Crippen LogP contribution in [0.1, 0.15) is 33.0 Å². The van der Waals surface area contributed by atoms with E-state index in [1.807, 2.05) is 24.3 Å². The minimum absolute atomic E-state index is 0.117. The molecule has 2 aromatic carbocycles.